The molecule has 0 aliphatic carbocycles. The van der Waals surface area contributed by atoms with Gasteiger partial charge in [0.05, 0.1) is 19.8 Å². The molecule has 0 fully saturated rings. The monoisotopic (exact) mass is 352 g/mol. The van der Waals surface area contributed by atoms with Crippen LogP contribution in [-0.4, -0.2) is 37.4 Å². The smallest absolute Gasteiger partial charge is 0.223 e. The summed E-state index contributed by atoms with van der Waals surface area (Å²) in [6.45, 7) is 2.96. The van der Waals surface area contributed by atoms with E-state index in [1.807, 2.05) is 25.1 Å². The molecule has 1 aromatic carbocycles. The number of nitrogens with two attached hydrogens (primary N) is 1. The molecule has 0 spiro atoms. The molecule has 8 heteroatoms. The predicted octanol–water partition coefficient (Wildman–Crippen LogP) is 2.92. The lowest BCUT2D eigenvalue weighted by molar-refractivity contribution is 0.144. The van der Waals surface area contributed by atoms with Gasteiger partial charge in [-0.25, -0.2) is 4.98 Å². The summed E-state index contributed by atoms with van der Waals surface area (Å²) in [6.07, 6.45) is 0. The van der Waals surface area contributed by atoms with E-state index in [-0.39, 0.29) is 17.1 Å². The van der Waals surface area contributed by atoms with E-state index < -0.39 is 0 Å². The third kappa shape index (κ3) is 4.87. The first-order valence-corrected chi connectivity index (χ1v) is 7.77. The molecule has 1 unspecified atom stereocenters. The van der Waals surface area contributed by atoms with Crippen molar-refractivity contribution in [2.45, 2.75) is 13.0 Å². The summed E-state index contributed by atoms with van der Waals surface area (Å²) in [6, 6.07) is 7.30. The molecule has 1 heterocycles. The van der Waals surface area contributed by atoms with Gasteiger partial charge in [0.25, 0.3) is 0 Å². The van der Waals surface area contributed by atoms with E-state index in [9.17, 15) is 0 Å². The number of nitrogen functional groups attached to an aromatic ring is 1. The Morgan fingerprint density at radius 3 is 2.62 bits per heavy atom. The maximum Gasteiger partial charge on any atom is 0.223 e. The third-order valence-electron chi connectivity index (χ3n) is 3.31. The minimum Gasteiger partial charge on any atom is -0.493 e. The number of nitrogens with zero attached hydrogens (tertiary/aromatic N) is 2. The average Bonchev–Trinajstić information content (AvgIpc) is 2.54. The maximum atomic E-state index is 5.89. The van der Waals surface area contributed by atoms with Gasteiger partial charge < -0.3 is 25.3 Å². The van der Waals surface area contributed by atoms with Crippen LogP contribution in [0.25, 0.3) is 0 Å². The number of halogens is 1. The molecule has 24 heavy (non-hydrogen) atoms. The van der Waals surface area contributed by atoms with Crippen LogP contribution in [0.4, 0.5) is 11.8 Å². The van der Waals surface area contributed by atoms with E-state index in [1.54, 1.807) is 20.3 Å². The zero-order valence-corrected chi connectivity index (χ0v) is 14.6. The number of aromatic nitrogens is 2. The molecule has 7 nitrogen and oxygen atoms in total. The van der Waals surface area contributed by atoms with Crippen molar-refractivity contribution in [1.82, 2.24) is 9.97 Å². The Morgan fingerprint density at radius 1 is 1.17 bits per heavy atom. The maximum absolute atomic E-state index is 5.89. The van der Waals surface area contributed by atoms with Crippen molar-refractivity contribution in [1.29, 1.82) is 0 Å². The quantitative estimate of drug-likeness (QED) is 0.557. The Balaban J connectivity index is 2.12. The predicted molar refractivity (Wildman–Crippen MR) is 93.9 cm³/mol. The van der Waals surface area contributed by atoms with Gasteiger partial charge >= 0.3 is 0 Å². The van der Waals surface area contributed by atoms with Crippen molar-refractivity contribution in [3.63, 3.8) is 0 Å². The summed E-state index contributed by atoms with van der Waals surface area (Å²) in [7, 11) is 3.23. The van der Waals surface area contributed by atoms with Crippen molar-refractivity contribution >= 4 is 23.4 Å². The van der Waals surface area contributed by atoms with Crippen molar-refractivity contribution in [3.05, 3.63) is 35.0 Å². The van der Waals surface area contributed by atoms with E-state index in [0.29, 0.717) is 30.5 Å². The third-order valence-corrected chi connectivity index (χ3v) is 3.50. The Morgan fingerprint density at radius 2 is 1.96 bits per heavy atom. The highest BCUT2D eigenvalue weighted by molar-refractivity contribution is 6.29. The summed E-state index contributed by atoms with van der Waals surface area (Å²) in [4.78, 5) is 7.94. The molecule has 0 amide bonds. The number of anilines is 2. The Kier molecular flexibility index (Phi) is 6.45. The molecule has 0 radical (unpaired) electrons. The van der Waals surface area contributed by atoms with Crippen molar-refractivity contribution in [2.75, 3.05) is 38.5 Å². The van der Waals surface area contributed by atoms with E-state index >= 15 is 0 Å². The lowest BCUT2D eigenvalue weighted by Crippen LogP contribution is -2.10. The first-order chi connectivity index (χ1) is 11.5. The van der Waals surface area contributed by atoms with Crippen LogP contribution in [0.1, 0.15) is 18.5 Å². The SMILES string of the molecule is COCCOc1ccc(C(C)Nc2cc(Cl)nc(N)n2)cc1OC. The fraction of sp³-hybridized carbons (Fsp3) is 0.375. The average molecular weight is 353 g/mol. The summed E-state index contributed by atoms with van der Waals surface area (Å²) >= 11 is 5.89. The Bertz CT molecular complexity index is 664. The summed E-state index contributed by atoms with van der Waals surface area (Å²) < 4.78 is 16.0. The minimum absolute atomic E-state index is 0.0442. The molecule has 1 aromatic heterocycles. The van der Waals surface area contributed by atoms with Gasteiger partial charge in [-0.3, -0.25) is 0 Å². The van der Waals surface area contributed by atoms with Crippen LogP contribution in [0.5, 0.6) is 11.5 Å². The fourth-order valence-electron chi connectivity index (χ4n) is 2.12. The summed E-state index contributed by atoms with van der Waals surface area (Å²) in [5.74, 6) is 1.99. The van der Waals surface area contributed by atoms with E-state index in [1.165, 1.54) is 0 Å². The van der Waals surface area contributed by atoms with Crippen LogP contribution >= 0.6 is 11.6 Å². The number of hydrogen-bond donors (Lipinski definition) is 2. The van der Waals surface area contributed by atoms with E-state index in [0.717, 1.165) is 5.56 Å². The van der Waals surface area contributed by atoms with Crippen LogP contribution in [-0.2, 0) is 4.74 Å². The molecular weight excluding hydrogens is 332 g/mol. The second-order valence-electron chi connectivity index (χ2n) is 5.05. The molecule has 0 aliphatic heterocycles. The number of ether oxygens (including phenoxy) is 3. The topological polar surface area (TPSA) is 91.5 Å². The molecule has 0 saturated heterocycles. The Labute approximate surface area is 146 Å². The number of rotatable bonds is 8. The molecule has 130 valence electrons. The van der Waals surface area contributed by atoms with Crippen LogP contribution in [0.2, 0.25) is 5.15 Å². The molecule has 1 atom stereocenters. The van der Waals surface area contributed by atoms with Crippen molar-refractivity contribution < 1.29 is 14.2 Å². The van der Waals surface area contributed by atoms with Gasteiger partial charge in [-0.05, 0) is 24.6 Å². The van der Waals surface area contributed by atoms with Gasteiger partial charge in [-0.2, -0.15) is 4.98 Å². The van der Waals surface area contributed by atoms with E-state index in [2.05, 4.69) is 15.3 Å². The number of hydrogen-bond acceptors (Lipinski definition) is 7. The van der Waals surface area contributed by atoms with Crippen LogP contribution in [0.3, 0.4) is 0 Å². The molecule has 0 bridgehead atoms. The van der Waals surface area contributed by atoms with Crippen LogP contribution in [0.15, 0.2) is 24.3 Å². The molecular formula is C16H21ClN4O3. The fourth-order valence-corrected chi connectivity index (χ4v) is 2.31. The first-order valence-electron chi connectivity index (χ1n) is 7.39. The zero-order chi connectivity index (χ0) is 17.5. The Hall–Kier alpha value is -2.25. The normalized spacial score (nSPS) is 11.8. The van der Waals surface area contributed by atoms with Gasteiger partial charge in [0.2, 0.25) is 5.95 Å². The summed E-state index contributed by atoms with van der Waals surface area (Å²) in [5, 5.41) is 3.52. The lowest BCUT2D eigenvalue weighted by Gasteiger charge is -2.17. The van der Waals surface area contributed by atoms with Gasteiger partial charge in [0.15, 0.2) is 11.5 Å². The highest BCUT2D eigenvalue weighted by atomic mass is 35.5. The highest BCUT2D eigenvalue weighted by Gasteiger charge is 2.12. The highest BCUT2D eigenvalue weighted by Crippen LogP contribution is 2.31. The van der Waals surface area contributed by atoms with Gasteiger partial charge in [-0.1, -0.05) is 17.7 Å². The number of nitrogens with one attached hydrogen (secondary N) is 1. The molecule has 0 aliphatic rings. The zero-order valence-electron chi connectivity index (χ0n) is 13.9. The largest absolute Gasteiger partial charge is 0.493 e. The molecule has 2 aromatic rings. The standard InChI is InChI=1S/C16H21ClN4O3/c1-10(19-15-9-14(17)20-16(18)21-15)11-4-5-12(13(8-11)23-3)24-7-6-22-2/h4-5,8-10H,6-7H2,1-3H3,(H3,18,19,20,21). The van der Waals surface area contributed by atoms with E-state index in [4.69, 9.17) is 31.5 Å². The molecule has 2 rings (SSSR count). The first kappa shape index (κ1) is 18.1. The number of methoxy groups -OCH3 is 2. The minimum atomic E-state index is -0.0442. The van der Waals surface area contributed by atoms with Gasteiger partial charge in [0, 0.05) is 13.2 Å². The summed E-state index contributed by atoms with van der Waals surface area (Å²) in [5.41, 5.74) is 6.60. The molecule has 3 N–H and O–H groups in total. The number of benzene rings is 1. The van der Waals surface area contributed by atoms with Crippen LogP contribution < -0.4 is 20.5 Å². The van der Waals surface area contributed by atoms with Crippen molar-refractivity contribution in [3.8, 4) is 11.5 Å². The van der Waals surface area contributed by atoms with Gasteiger partial charge in [-0.15, -0.1) is 0 Å². The van der Waals surface area contributed by atoms with Gasteiger partial charge in [0.1, 0.15) is 17.6 Å². The van der Waals surface area contributed by atoms with Crippen LogP contribution in [0, 0.1) is 0 Å². The molecule has 0 saturated carbocycles. The second kappa shape index (κ2) is 8.56. The van der Waals surface area contributed by atoms with Crippen molar-refractivity contribution in [2.24, 2.45) is 0 Å². The lowest BCUT2D eigenvalue weighted by atomic mass is 10.1. The second-order valence-corrected chi connectivity index (χ2v) is 5.44.